The van der Waals surface area contributed by atoms with Crippen molar-refractivity contribution in [2.75, 3.05) is 18.6 Å². The molecule has 0 saturated carbocycles. The molecule has 0 aliphatic heterocycles. The van der Waals surface area contributed by atoms with E-state index in [-0.39, 0.29) is 0 Å². The molecule has 0 radical (unpaired) electrons. The molecule has 1 nitrogen and oxygen atoms in total. The molecule has 0 aliphatic rings. The van der Waals surface area contributed by atoms with Crippen molar-refractivity contribution in [1.82, 2.24) is 5.32 Å². The minimum atomic E-state index is 0.463. The second kappa shape index (κ2) is 9.14. The van der Waals surface area contributed by atoms with Gasteiger partial charge in [-0.05, 0) is 38.3 Å². The minimum Gasteiger partial charge on any atom is -0.311 e. The van der Waals surface area contributed by atoms with Gasteiger partial charge in [0.1, 0.15) is 0 Å². The van der Waals surface area contributed by atoms with Gasteiger partial charge >= 0.3 is 0 Å². The molecule has 0 aromatic heterocycles. The van der Waals surface area contributed by atoms with Gasteiger partial charge in [0.15, 0.2) is 0 Å². The summed E-state index contributed by atoms with van der Waals surface area (Å²) in [6.45, 7) is 6.98. The topological polar surface area (TPSA) is 12.0 Å². The van der Waals surface area contributed by atoms with Crippen LogP contribution in [0, 0.1) is 0 Å². The quantitative estimate of drug-likeness (QED) is 0.463. The van der Waals surface area contributed by atoms with E-state index in [4.69, 9.17) is 0 Å². The third kappa shape index (κ3) is 8.15. The van der Waals surface area contributed by atoms with Crippen molar-refractivity contribution in [3.8, 4) is 0 Å². The first kappa shape index (κ1) is 12.0. The van der Waals surface area contributed by atoms with Crippen LogP contribution in [0.3, 0.4) is 0 Å². The van der Waals surface area contributed by atoms with Gasteiger partial charge in [0.2, 0.25) is 0 Å². The summed E-state index contributed by atoms with van der Waals surface area (Å²) in [5.41, 5.74) is 0. The van der Waals surface area contributed by atoms with E-state index in [1.54, 1.807) is 0 Å². The van der Waals surface area contributed by atoms with Crippen molar-refractivity contribution in [3.05, 3.63) is 12.7 Å². The third-order valence-electron chi connectivity index (χ3n) is 1.85. The van der Waals surface area contributed by atoms with Crippen LogP contribution in [0.2, 0.25) is 0 Å². The molecule has 0 aromatic rings. The van der Waals surface area contributed by atoms with E-state index in [1.165, 1.54) is 25.0 Å². The van der Waals surface area contributed by atoms with Gasteiger partial charge in [0.05, 0.1) is 0 Å². The zero-order chi connectivity index (χ0) is 9.23. The Hall–Kier alpha value is 0.0500. The lowest BCUT2D eigenvalue weighted by Gasteiger charge is -2.07. The van der Waals surface area contributed by atoms with Crippen molar-refractivity contribution in [2.45, 2.75) is 32.2 Å². The predicted molar refractivity (Wildman–Crippen MR) is 59.9 cm³/mol. The van der Waals surface area contributed by atoms with E-state index in [0.717, 1.165) is 6.54 Å². The Bertz CT molecular complexity index is 104. The SMILES string of the molecule is C=CC(C)NCCCCCSC. The highest BCUT2D eigenvalue weighted by molar-refractivity contribution is 7.98. The Morgan fingerprint density at radius 2 is 2.17 bits per heavy atom. The van der Waals surface area contributed by atoms with Gasteiger partial charge in [-0.25, -0.2) is 0 Å². The highest BCUT2D eigenvalue weighted by Gasteiger charge is 1.93. The molecule has 1 unspecified atom stereocenters. The van der Waals surface area contributed by atoms with Gasteiger partial charge < -0.3 is 5.32 Å². The summed E-state index contributed by atoms with van der Waals surface area (Å²) >= 11 is 1.93. The molecule has 1 atom stereocenters. The minimum absolute atomic E-state index is 0.463. The fraction of sp³-hybridized carbons (Fsp3) is 0.800. The van der Waals surface area contributed by atoms with Crippen LogP contribution in [0.25, 0.3) is 0 Å². The molecular formula is C10H21NS. The summed E-state index contributed by atoms with van der Waals surface area (Å²) in [6.07, 6.45) is 8.10. The first-order valence-electron chi connectivity index (χ1n) is 4.66. The molecule has 72 valence electrons. The van der Waals surface area contributed by atoms with Crippen molar-refractivity contribution in [1.29, 1.82) is 0 Å². The van der Waals surface area contributed by atoms with Crippen LogP contribution in [0.15, 0.2) is 12.7 Å². The molecule has 0 aliphatic carbocycles. The maximum absolute atomic E-state index is 3.72. The van der Waals surface area contributed by atoms with Crippen molar-refractivity contribution in [2.24, 2.45) is 0 Å². The Kier molecular flexibility index (Phi) is 9.18. The molecule has 0 fully saturated rings. The normalized spacial score (nSPS) is 12.8. The van der Waals surface area contributed by atoms with Crippen LogP contribution >= 0.6 is 11.8 Å². The summed E-state index contributed by atoms with van der Waals surface area (Å²) in [5.74, 6) is 1.30. The Labute approximate surface area is 81.0 Å². The summed E-state index contributed by atoms with van der Waals surface area (Å²) in [7, 11) is 0. The number of hydrogen-bond acceptors (Lipinski definition) is 2. The van der Waals surface area contributed by atoms with E-state index in [0.29, 0.717) is 6.04 Å². The second-order valence-corrected chi connectivity index (χ2v) is 4.02. The molecule has 1 N–H and O–H groups in total. The number of hydrogen-bond donors (Lipinski definition) is 1. The average Bonchev–Trinajstić information content (AvgIpc) is 2.10. The molecule has 0 rings (SSSR count). The van der Waals surface area contributed by atoms with Crippen molar-refractivity contribution < 1.29 is 0 Å². The van der Waals surface area contributed by atoms with Crippen LogP contribution in [-0.4, -0.2) is 24.6 Å². The van der Waals surface area contributed by atoms with Gasteiger partial charge in [0.25, 0.3) is 0 Å². The van der Waals surface area contributed by atoms with Crippen molar-refractivity contribution in [3.63, 3.8) is 0 Å². The summed E-state index contributed by atoms with van der Waals surface area (Å²) in [6, 6.07) is 0.463. The smallest absolute Gasteiger partial charge is 0.0219 e. The molecule has 0 spiro atoms. The zero-order valence-corrected chi connectivity index (χ0v) is 9.12. The van der Waals surface area contributed by atoms with Gasteiger partial charge in [-0.3, -0.25) is 0 Å². The predicted octanol–water partition coefficient (Wildman–Crippen LogP) is 2.68. The molecule has 0 aromatic carbocycles. The lowest BCUT2D eigenvalue weighted by Crippen LogP contribution is -2.24. The maximum Gasteiger partial charge on any atom is 0.0219 e. The second-order valence-electron chi connectivity index (χ2n) is 3.03. The van der Waals surface area contributed by atoms with Crippen LogP contribution in [0.4, 0.5) is 0 Å². The van der Waals surface area contributed by atoms with Crippen LogP contribution < -0.4 is 5.32 Å². The van der Waals surface area contributed by atoms with E-state index in [2.05, 4.69) is 25.1 Å². The lowest BCUT2D eigenvalue weighted by atomic mass is 10.2. The van der Waals surface area contributed by atoms with Gasteiger partial charge in [-0.15, -0.1) is 6.58 Å². The highest BCUT2D eigenvalue weighted by atomic mass is 32.2. The van der Waals surface area contributed by atoms with Crippen LogP contribution in [0.1, 0.15) is 26.2 Å². The van der Waals surface area contributed by atoms with E-state index in [1.807, 2.05) is 17.8 Å². The number of nitrogens with one attached hydrogen (secondary N) is 1. The summed E-state index contributed by atoms with van der Waals surface area (Å²) in [4.78, 5) is 0. The molecule has 0 saturated heterocycles. The fourth-order valence-electron chi connectivity index (χ4n) is 0.961. The lowest BCUT2D eigenvalue weighted by molar-refractivity contribution is 0.586. The molecule has 0 heterocycles. The van der Waals surface area contributed by atoms with E-state index < -0.39 is 0 Å². The zero-order valence-electron chi connectivity index (χ0n) is 8.31. The Balaban J connectivity index is 2.95. The number of thioether (sulfide) groups is 1. The third-order valence-corrected chi connectivity index (χ3v) is 2.54. The highest BCUT2D eigenvalue weighted by Crippen LogP contribution is 2.01. The molecule has 2 heteroatoms. The van der Waals surface area contributed by atoms with Crippen LogP contribution in [0.5, 0.6) is 0 Å². The molecule has 0 bridgehead atoms. The van der Waals surface area contributed by atoms with E-state index in [9.17, 15) is 0 Å². The van der Waals surface area contributed by atoms with Gasteiger partial charge in [-0.2, -0.15) is 11.8 Å². The Morgan fingerprint density at radius 3 is 2.75 bits per heavy atom. The maximum atomic E-state index is 3.72. The molecule has 12 heavy (non-hydrogen) atoms. The van der Waals surface area contributed by atoms with Crippen molar-refractivity contribution >= 4 is 11.8 Å². The van der Waals surface area contributed by atoms with Gasteiger partial charge in [-0.1, -0.05) is 12.5 Å². The largest absolute Gasteiger partial charge is 0.311 e. The molecular weight excluding hydrogens is 166 g/mol. The van der Waals surface area contributed by atoms with Crippen LogP contribution in [-0.2, 0) is 0 Å². The first-order chi connectivity index (χ1) is 5.81. The summed E-state index contributed by atoms with van der Waals surface area (Å²) < 4.78 is 0. The Morgan fingerprint density at radius 1 is 1.42 bits per heavy atom. The van der Waals surface area contributed by atoms with E-state index >= 15 is 0 Å². The summed E-state index contributed by atoms with van der Waals surface area (Å²) in [5, 5.41) is 3.38. The van der Waals surface area contributed by atoms with Gasteiger partial charge in [0, 0.05) is 6.04 Å². The molecule has 0 amide bonds. The monoisotopic (exact) mass is 187 g/mol. The number of rotatable bonds is 8. The average molecular weight is 187 g/mol. The fourth-order valence-corrected chi connectivity index (χ4v) is 1.45. The first-order valence-corrected chi connectivity index (χ1v) is 6.05. The standard InChI is InChI=1S/C10H21NS/c1-4-10(2)11-8-6-5-7-9-12-3/h4,10-11H,1,5-9H2,2-3H3. The number of unbranched alkanes of at least 4 members (excludes halogenated alkanes) is 2.